The second kappa shape index (κ2) is 12.7. The van der Waals surface area contributed by atoms with E-state index >= 15 is 8.78 Å². The van der Waals surface area contributed by atoms with Gasteiger partial charge in [0.05, 0.1) is 25.3 Å². The van der Waals surface area contributed by atoms with Crippen LogP contribution < -0.4 is 25.7 Å². The lowest BCUT2D eigenvalue weighted by Gasteiger charge is -2.18. The fourth-order valence-corrected chi connectivity index (χ4v) is 4.88. The van der Waals surface area contributed by atoms with Crippen LogP contribution in [0.25, 0.3) is 17.1 Å². The molecule has 0 radical (unpaired) electrons. The molecule has 0 bridgehead atoms. The Morgan fingerprint density at radius 3 is 2.30 bits per heavy atom. The van der Waals surface area contributed by atoms with Gasteiger partial charge in [-0.2, -0.15) is 26.6 Å². The van der Waals surface area contributed by atoms with Crippen LogP contribution in [0, 0.1) is 11.6 Å². The van der Waals surface area contributed by atoms with E-state index in [1.807, 2.05) is 0 Å². The lowest BCUT2D eigenvalue weighted by atomic mass is 10.1. The van der Waals surface area contributed by atoms with Crippen LogP contribution in [-0.2, 0) is 18.0 Å². The number of methoxy groups -OCH3 is 1. The van der Waals surface area contributed by atoms with Crippen molar-refractivity contribution in [2.75, 3.05) is 31.0 Å². The van der Waals surface area contributed by atoms with Crippen molar-refractivity contribution >= 4 is 17.4 Å². The van der Waals surface area contributed by atoms with Crippen molar-refractivity contribution in [3.05, 3.63) is 81.6 Å². The number of carbonyl (C=O) groups is 1. The Bertz CT molecular complexity index is 1790. The van der Waals surface area contributed by atoms with Crippen molar-refractivity contribution < 1.29 is 49.7 Å². The first-order valence-corrected chi connectivity index (χ1v) is 13.4. The molecule has 3 heterocycles. The minimum absolute atomic E-state index is 0.0494. The molecule has 1 aliphatic rings. The van der Waals surface area contributed by atoms with Crippen molar-refractivity contribution in [1.29, 1.82) is 0 Å². The highest BCUT2D eigenvalue weighted by Gasteiger charge is 2.38. The molecular formula is C29H24F7N5O5. The first kappa shape index (κ1) is 32.3. The maximum Gasteiger partial charge on any atom is 0.420 e. The highest BCUT2D eigenvalue weighted by Crippen LogP contribution is 2.37. The van der Waals surface area contributed by atoms with Crippen LogP contribution in [0.4, 0.5) is 42.2 Å². The second-order valence-corrected chi connectivity index (χ2v) is 9.96. The zero-order chi connectivity index (χ0) is 33.3. The van der Waals surface area contributed by atoms with E-state index in [1.165, 1.54) is 0 Å². The van der Waals surface area contributed by atoms with E-state index in [4.69, 9.17) is 9.47 Å². The molecule has 1 saturated heterocycles. The van der Waals surface area contributed by atoms with Gasteiger partial charge in [-0.3, -0.25) is 14.3 Å². The van der Waals surface area contributed by atoms with Gasteiger partial charge in [-0.15, -0.1) is 0 Å². The zero-order valence-corrected chi connectivity index (χ0v) is 23.9. The Hall–Kier alpha value is -5.06. The molecule has 0 saturated carbocycles. The maximum absolute atomic E-state index is 15.4. The van der Waals surface area contributed by atoms with Gasteiger partial charge in [-0.05, 0) is 42.8 Å². The van der Waals surface area contributed by atoms with Gasteiger partial charge in [0.2, 0.25) is 0 Å². The Balaban J connectivity index is 1.70. The SMILES string of the molecule is COc1cc(F)c(-c2c(NC(=O)c3ccc(OC(F)F)cc3)c(=O)n(-c3nc(N[C@H]4CCOC4)ccc3C(F)(F)F)n2C)c(F)c1. The summed E-state index contributed by atoms with van der Waals surface area (Å²) in [6, 6.07) is 7.21. The minimum Gasteiger partial charge on any atom is -0.497 e. The van der Waals surface area contributed by atoms with Crippen LogP contribution in [0.2, 0.25) is 0 Å². The Kier molecular flexibility index (Phi) is 8.96. The van der Waals surface area contributed by atoms with Crippen molar-refractivity contribution in [1.82, 2.24) is 14.3 Å². The number of amides is 1. The molecule has 5 rings (SSSR count). The van der Waals surface area contributed by atoms with Crippen molar-refractivity contribution in [2.24, 2.45) is 7.05 Å². The normalized spacial score (nSPS) is 14.9. The molecule has 46 heavy (non-hydrogen) atoms. The molecule has 1 aliphatic heterocycles. The molecule has 17 heteroatoms. The number of ether oxygens (including phenoxy) is 3. The molecule has 0 unspecified atom stereocenters. The second-order valence-electron chi connectivity index (χ2n) is 9.96. The summed E-state index contributed by atoms with van der Waals surface area (Å²) in [6.45, 7) is -2.47. The Morgan fingerprint density at radius 2 is 1.74 bits per heavy atom. The number of carbonyl (C=O) groups excluding carboxylic acids is 1. The number of hydrogen-bond donors (Lipinski definition) is 2. The monoisotopic (exact) mass is 655 g/mol. The summed E-state index contributed by atoms with van der Waals surface area (Å²) in [5, 5.41) is 5.15. The van der Waals surface area contributed by atoms with E-state index in [0.717, 1.165) is 61.3 Å². The molecule has 0 spiro atoms. The Morgan fingerprint density at radius 1 is 1.07 bits per heavy atom. The first-order chi connectivity index (χ1) is 21.8. The molecule has 4 aromatic rings. The fourth-order valence-electron chi connectivity index (χ4n) is 4.88. The van der Waals surface area contributed by atoms with Gasteiger partial charge >= 0.3 is 12.8 Å². The number of benzene rings is 2. The van der Waals surface area contributed by atoms with E-state index in [9.17, 15) is 31.5 Å². The van der Waals surface area contributed by atoms with Crippen LogP contribution in [0.1, 0.15) is 22.3 Å². The van der Waals surface area contributed by atoms with Gasteiger partial charge in [0.25, 0.3) is 11.5 Å². The highest BCUT2D eigenvalue weighted by atomic mass is 19.4. The maximum atomic E-state index is 15.4. The molecule has 10 nitrogen and oxygen atoms in total. The summed E-state index contributed by atoms with van der Waals surface area (Å²) < 4.78 is 114. The highest BCUT2D eigenvalue weighted by molar-refractivity contribution is 6.06. The predicted octanol–water partition coefficient (Wildman–Crippen LogP) is 5.60. The molecule has 2 N–H and O–H groups in total. The molecule has 2 aromatic heterocycles. The summed E-state index contributed by atoms with van der Waals surface area (Å²) in [5.41, 5.74) is -5.22. The number of anilines is 2. The van der Waals surface area contributed by atoms with E-state index in [0.29, 0.717) is 23.8 Å². The Labute approximate surface area is 255 Å². The summed E-state index contributed by atoms with van der Waals surface area (Å²) in [7, 11) is 2.20. The number of aromatic nitrogens is 3. The predicted molar refractivity (Wildman–Crippen MR) is 150 cm³/mol. The van der Waals surface area contributed by atoms with Gasteiger partial charge in [0, 0.05) is 31.4 Å². The quantitative estimate of drug-likeness (QED) is 0.226. The topological polar surface area (TPSA) is 109 Å². The van der Waals surface area contributed by atoms with E-state index in [-0.39, 0.29) is 35.5 Å². The fraction of sp³-hybridized carbons (Fsp3) is 0.276. The van der Waals surface area contributed by atoms with Crippen LogP contribution in [0.5, 0.6) is 11.5 Å². The van der Waals surface area contributed by atoms with E-state index < -0.39 is 64.2 Å². The molecule has 1 fully saturated rings. The lowest BCUT2D eigenvalue weighted by molar-refractivity contribution is -0.137. The lowest BCUT2D eigenvalue weighted by Crippen LogP contribution is -2.27. The number of rotatable bonds is 9. The molecule has 1 atom stereocenters. The molecule has 0 aliphatic carbocycles. The van der Waals surface area contributed by atoms with Crippen molar-refractivity contribution in [3.8, 4) is 28.6 Å². The van der Waals surface area contributed by atoms with Crippen LogP contribution in [0.3, 0.4) is 0 Å². The third-order valence-electron chi connectivity index (χ3n) is 7.00. The number of pyridine rings is 1. The average molecular weight is 656 g/mol. The third-order valence-corrected chi connectivity index (χ3v) is 7.00. The zero-order valence-electron chi connectivity index (χ0n) is 23.9. The van der Waals surface area contributed by atoms with Gasteiger partial charge in [0.15, 0.2) is 5.82 Å². The van der Waals surface area contributed by atoms with E-state index in [2.05, 4.69) is 20.4 Å². The van der Waals surface area contributed by atoms with Gasteiger partial charge < -0.3 is 24.8 Å². The molecular weight excluding hydrogens is 631 g/mol. The largest absolute Gasteiger partial charge is 0.497 e. The van der Waals surface area contributed by atoms with Gasteiger partial charge in [-0.1, -0.05) is 0 Å². The van der Waals surface area contributed by atoms with Crippen LogP contribution in [0.15, 0.2) is 53.3 Å². The number of alkyl halides is 5. The minimum atomic E-state index is -5.04. The standard InChI is InChI=1S/C29H24F7N5O5/c1-40-24(22-19(30)11-17(44-2)12-20(22)31)23(39-26(42)14-3-5-16(6-4-14)46-28(32)33)27(43)41(40)25-18(29(34,35)36)7-8-21(38-25)37-15-9-10-45-13-15/h3-8,11-12,15,28H,9-10,13H2,1-2H3,(H,37,38)(H,39,42)/t15-/m0/s1. The summed E-state index contributed by atoms with van der Waals surface area (Å²) in [5.74, 6) is -5.13. The van der Waals surface area contributed by atoms with Crippen molar-refractivity contribution in [3.63, 3.8) is 0 Å². The smallest absolute Gasteiger partial charge is 0.420 e. The molecule has 244 valence electrons. The summed E-state index contributed by atoms with van der Waals surface area (Å²) in [4.78, 5) is 31.2. The number of nitrogens with zero attached hydrogens (tertiary/aromatic N) is 3. The number of halogens is 7. The molecule has 2 aromatic carbocycles. The van der Waals surface area contributed by atoms with Crippen LogP contribution in [-0.4, -0.2) is 53.2 Å². The number of nitrogens with one attached hydrogen (secondary N) is 2. The first-order valence-electron chi connectivity index (χ1n) is 13.4. The average Bonchev–Trinajstić information content (AvgIpc) is 3.58. The third kappa shape index (κ3) is 6.49. The van der Waals surface area contributed by atoms with Crippen molar-refractivity contribution in [2.45, 2.75) is 25.3 Å². The summed E-state index contributed by atoms with van der Waals surface area (Å²) >= 11 is 0. The van der Waals surface area contributed by atoms with Gasteiger partial charge in [-0.25, -0.2) is 13.8 Å². The van der Waals surface area contributed by atoms with Crippen LogP contribution >= 0.6 is 0 Å². The number of hydrogen-bond acceptors (Lipinski definition) is 7. The van der Waals surface area contributed by atoms with E-state index in [1.54, 1.807) is 0 Å². The van der Waals surface area contributed by atoms with Gasteiger partial charge in [0.1, 0.15) is 45.9 Å². The summed E-state index contributed by atoms with van der Waals surface area (Å²) in [6.07, 6.45) is -4.50. The molecule has 1 amide bonds.